The summed E-state index contributed by atoms with van der Waals surface area (Å²) < 4.78 is 0. The number of hydrogen-bond acceptors (Lipinski definition) is 8. The fourth-order valence-electron chi connectivity index (χ4n) is 1.92. The van der Waals surface area contributed by atoms with Crippen LogP contribution >= 0.6 is 0 Å². The van der Waals surface area contributed by atoms with Crippen molar-refractivity contribution in [2.45, 2.75) is 6.92 Å². The smallest absolute Gasteiger partial charge is 0.170 e. The van der Waals surface area contributed by atoms with Crippen LogP contribution in [-0.2, 0) is 0 Å². The van der Waals surface area contributed by atoms with E-state index in [4.69, 9.17) is 0 Å². The van der Waals surface area contributed by atoms with Gasteiger partial charge in [-0.3, -0.25) is 0 Å². The van der Waals surface area contributed by atoms with Gasteiger partial charge in [-0.05, 0) is 6.92 Å². The van der Waals surface area contributed by atoms with Crippen LogP contribution in [0.2, 0.25) is 0 Å². The second kappa shape index (κ2) is 4.44. The Bertz CT molecular complexity index is 696. The van der Waals surface area contributed by atoms with Crippen LogP contribution in [0.25, 0.3) is 11.1 Å². The van der Waals surface area contributed by atoms with Gasteiger partial charge in [0.1, 0.15) is 0 Å². The van der Waals surface area contributed by atoms with Gasteiger partial charge in [-0.15, -0.1) is 0 Å². The molecular weight excluding hydrogens is 284 g/mol. The molecule has 0 aromatic heterocycles. The third-order valence-electron chi connectivity index (χ3n) is 3.11. The topological polar surface area (TPSA) is 162 Å². The summed E-state index contributed by atoms with van der Waals surface area (Å²) in [6.45, 7) is 1.20. The summed E-state index contributed by atoms with van der Waals surface area (Å²) in [6.07, 6.45) is 0. The van der Waals surface area contributed by atoms with E-state index < -0.39 is 57.1 Å². The highest BCUT2D eigenvalue weighted by molar-refractivity contribution is 5.91. The minimum Gasteiger partial charge on any atom is -0.504 e. The lowest BCUT2D eigenvalue weighted by Gasteiger charge is -2.16. The molecule has 0 radical (unpaired) electrons. The molecule has 8 N–H and O–H groups in total. The van der Waals surface area contributed by atoms with Crippen LogP contribution in [0.4, 0.5) is 0 Å². The summed E-state index contributed by atoms with van der Waals surface area (Å²) in [7, 11) is 0. The SMILES string of the molecule is Cc1c(O)c(O)c(-c2c(O)c(O)cc(O)c2O)c(O)c1O. The van der Waals surface area contributed by atoms with Gasteiger partial charge >= 0.3 is 0 Å². The third kappa shape index (κ3) is 1.84. The molecule has 8 nitrogen and oxygen atoms in total. The van der Waals surface area contributed by atoms with E-state index >= 15 is 0 Å². The molecule has 0 atom stereocenters. The molecule has 0 aliphatic rings. The summed E-state index contributed by atoms with van der Waals surface area (Å²) in [5.74, 6) is -7.17. The first kappa shape index (κ1) is 14.3. The Balaban J connectivity index is 3.00. The first-order valence-corrected chi connectivity index (χ1v) is 5.62. The monoisotopic (exact) mass is 296 g/mol. The van der Waals surface area contributed by atoms with Gasteiger partial charge in [-0.2, -0.15) is 0 Å². The standard InChI is InChI=1S/C13H12O8/c1-3-8(16)12(20)7(13(21)9(3)17)6-10(18)4(14)2-5(15)11(6)19/h2,14-21H,1H3. The van der Waals surface area contributed by atoms with E-state index in [1.807, 2.05) is 0 Å². The van der Waals surface area contributed by atoms with E-state index in [0.717, 1.165) is 0 Å². The molecular formula is C13H12O8. The Morgan fingerprint density at radius 1 is 0.524 bits per heavy atom. The van der Waals surface area contributed by atoms with Crippen molar-refractivity contribution in [1.29, 1.82) is 0 Å². The molecule has 0 aliphatic carbocycles. The molecule has 0 aliphatic heterocycles. The molecule has 0 spiro atoms. The van der Waals surface area contributed by atoms with E-state index in [-0.39, 0.29) is 5.56 Å². The average Bonchev–Trinajstić information content (AvgIpc) is 2.44. The van der Waals surface area contributed by atoms with Crippen LogP contribution in [0, 0.1) is 6.92 Å². The number of benzene rings is 2. The van der Waals surface area contributed by atoms with E-state index in [9.17, 15) is 40.9 Å². The highest BCUT2D eigenvalue weighted by Crippen LogP contribution is 2.57. The Kier molecular flexibility index (Phi) is 3.02. The Hall–Kier alpha value is -3.16. The fourth-order valence-corrected chi connectivity index (χ4v) is 1.92. The number of phenols is 8. The van der Waals surface area contributed by atoms with Gasteiger partial charge in [0.25, 0.3) is 0 Å². The van der Waals surface area contributed by atoms with E-state index in [0.29, 0.717) is 6.07 Å². The zero-order chi connectivity index (χ0) is 16.1. The predicted molar refractivity (Wildman–Crippen MR) is 69.9 cm³/mol. The second-order valence-corrected chi connectivity index (χ2v) is 4.38. The van der Waals surface area contributed by atoms with Gasteiger partial charge < -0.3 is 40.9 Å². The van der Waals surface area contributed by atoms with Crippen LogP contribution in [0.5, 0.6) is 46.0 Å². The molecule has 0 saturated heterocycles. The summed E-state index contributed by atoms with van der Waals surface area (Å²) in [6, 6.07) is 0.635. The average molecular weight is 296 g/mol. The summed E-state index contributed by atoms with van der Waals surface area (Å²) in [5.41, 5.74) is -1.75. The molecule has 8 heteroatoms. The molecule has 21 heavy (non-hydrogen) atoms. The zero-order valence-corrected chi connectivity index (χ0v) is 10.7. The van der Waals surface area contributed by atoms with Crippen molar-refractivity contribution in [3.8, 4) is 57.1 Å². The van der Waals surface area contributed by atoms with Crippen LogP contribution in [0.1, 0.15) is 5.56 Å². The highest BCUT2D eigenvalue weighted by Gasteiger charge is 2.28. The van der Waals surface area contributed by atoms with Crippen LogP contribution in [0.15, 0.2) is 6.07 Å². The van der Waals surface area contributed by atoms with Crippen LogP contribution in [-0.4, -0.2) is 40.9 Å². The van der Waals surface area contributed by atoms with Gasteiger partial charge in [-0.25, -0.2) is 0 Å². The molecule has 0 amide bonds. The van der Waals surface area contributed by atoms with Crippen molar-refractivity contribution < 1.29 is 40.9 Å². The Labute approximate surface area is 117 Å². The van der Waals surface area contributed by atoms with Gasteiger partial charge in [0.15, 0.2) is 46.0 Å². The molecule has 112 valence electrons. The Morgan fingerprint density at radius 3 is 1.24 bits per heavy atom. The maximum atomic E-state index is 9.86. The maximum Gasteiger partial charge on any atom is 0.170 e. The van der Waals surface area contributed by atoms with Crippen molar-refractivity contribution >= 4 is 0 Å². The fraction of sp³-hybridized carbons (Fsp3) is 0.0769. The van der Waals surface area contributed by atoms with Crippen molar-refractivity contribution in [1.82, 2.24) is 0 Å². The molecule has 2 rings (SSSR count). The number of phenolic OH excluding ortho intramolecular Hbond substituents is 8. The van der Waals surface area contributed by atoms with E-state index in [1.54, 1.807) is 0 Å². The van der Waals surface area contributed by atoms with E-state index in [1.165, 1.54) is 6.92 Å². The molecule has 0 fully saturated rings. The maximum absolute atomic E-state index is 9.86. The molecule has 2 aromatic carbocycles. The molecule has 2 aromatic rings. The first-order chi connectivity index (χ1) is 9.68. The van der Waals surface area contributed by atoms with Gasteiger partial charge in [-0.1, -0.05) is 0 Å². The quantitative estimate of drug-likeness (QED) is 0.288. The summed E-state index contributed by atoms with van der Waals surface area (Å²) >= 11 is 0. The summed E-state index contributed by atoms with van der Waals surface area (Å²) in [5, 5.41) is 77.4. The van der Waals surface area contributed by atoms with Gasteiger partial charge in [0, 0.05) is 11.6 Å². The second-order valence-electron chi connectivity index (χ2n) is 4.38. The lowest BCUT2D eigenvalue weighted by atomic mass is 9.97. The lowest BCUT2D eigenvalue weighted by Crippen LogP contribution is -1.89. The lowest BCUT2D eigenvalue weighted by molar-refractivity contribution is 0.364. The molecule has 0 bridgehead atoms. The first-order valence-electron chi connectivity index (χ1n) is 5.62. The van der Waals surface area contributed by atoms with Gasteiger partial charge in [0.2, 0.25) is 0 Å². The van der Waals surface area contributed by atoms with Crippen molar-refractivity contribution in [2.75, 3.05) is 0 Å². The van der Waals surface area contributed by atoms with Crippen LogP contribution in [0.3, 0.4) is 0 Å². The van der Waals surface area contributed by atoms with Crippen molar-refractivity contribution in [3.63, 3.8) is 0 Å². The predicted octanol–water partition coefficient (Wildman–Crippen LogP) is 1.31. The number of aromatic hydroxyl groups is 8. The third-order valence-corrected chi connectivity index (χ3v) is 3.11. The van der Waals surface area contributed by atoms with Crippen molar-refractivity contribution in [2.24, 2.45) is 0 Å². The molecule has 0 unspecified atom stereocenters. The number of rotatable bonds is 1. The Morgan fingerprint density at radius 2 is 0.857 bits per heavy atom. The molecule has 0 heterocycles. The van der Waals surface area contributed by atoms with Crippen molar-refractivity contribution in [3.05, 3.63) is 11.6 Å². The van der Waals surface area contributed by atoms with E-state index in [2.05, 4.69) is 0 Å². The largest absolute Gasteiger partial charge is 0.504 e. The zero-order valence-electron chi connectivity index (χ0n) is 10.7. The van der Waals surface area contributed by atoms with Gasteiger partial charge in [0.05, 0.1) is 11.1 Å². The minimum absolute atomic E-state index is 0.239. The molecule has 0 saturated carbocycles. The van der Waals surface area contributed by atoms with Crippen LogP contribution < -0.4 is 0 Å². The summed E-state index contributed by atoms with van der Waals surface area (Å²) in [4.78, 5) is 0. The normalized spacial score (nSPS) is 10.7. The number of hydrogen-bond donors (Lipinski definition) is 8. The minimum atomic E-state index is -0.974. The highest BCUT2D eigenvalue weighted by atomic mass is 16.3.